The van der Waals surface area contributed by atoms with Gasteiger partial charge in [0.25, 0.3) is 0 Å². The van der Waals surface area contributed by atoms with Crippen LogP contribution in [0.1, 0.15) is 59.1 Å². The van der Waals surface area contributed by atoms with Gasteiger partial charge in [0.05, 0.1) is 61.8 Å². The number of amides is 1. The number of aromatic nitrogens is 6. The van der Waals surface area contributed by atoms with E-state index < -0.39 is 44.1 Å². The molecule has 3 aromatic heterocycles. The minimum atomic E-state index is -5.10. The molecule has 0 unspecified atom stereocenters. The summed E-state index contributed by atoms with van der Waals surface area (Å²) in [4.78, 5) is 48.6. The number of sulfone groups is 2. The van der Waals surface area contributed by atoms with E-state index in [0.717, 1.165) is 53.0 Å². The van der Waals surface area contributed by atoms with Crippen molar-refractivity contribution in [2.75, 3.05) is 79.4 Å². The smallest absolute Gasteiger partial charge is 0.471 e. The largest absolute Gasteiger partial charge is 0.487 e. The van der Waals surface area contributed by atoms with Crippen molar-refractivity contribution in [3.63, 3.8) is 0 Å². The molecule has 0 aliphatic heterocycles. The number of alkyl halides is 3. The van der Waals surface area contributed by atoms with Gasteiger partial charge < -0.3 is 55.3 Å². The van der Waals surface area contributed by atoms with E-state index in [1.807, 2.05) is 36.4 Å². The van der Waals surface area contributed by atoms with Crippen molar-refractivity contribution < 1.29 is 133 Å². The SMILES string of the molecule is CS(=O)(=O)CCN(CCCCO/N=C/c1ccc2ncnc(Nc3ccc(OCc4cccc(F)c4)c(Cl)c3)c2c1)C(=O)C(F)(F)F.CS(=O)(=O)CCNCCCCO/N=C/c1ccc2ncnc(Nc3ccc(OCc4cccc(F)c4)c(Cl)c3)c2c1.O/N=C/c1ccc2ncnc(Nc3ccc(OCc4cccc(F)c4)c(Cl)c3)c2c1.[V].[V].[V]. The van der Waals surface area contributed by atoms with E-state index in [-0.39, 0.29) is 125 Å². The first kappa shape index (κ1) is 97.9. The van der Waals surface area contributed by atoms with Crippen LogP contribution in [0.3, 0.4) is 0 Å². The van der Waals surface area contributed by atoms with Gasteiger partial charge in [0.15, 0.2) is 0 Å². The van der Waals surface area contributed by atoms with Gasteiger partial charge in [0.1, 0.15) is 124 Å². The van der Waals surface area contributed by atoms with Crippen LogP contribution >= 0.6 is 34.8 Å². The fourth-order valence-electron chi connectivity index (χ4n) is 11.0. The van der Waals surface area contributed by atoms with E-state index in [4.69, 9.17) is 63.9 Å². The summed E-state index contributed by atoms with van der Waals surface area (Å²) in [5, 5.41) is 36.0. The average molecular weight is 1870 g/mol. The summed E-state index contributed by atoms with van der Waals surface area (Å²) >= 11 is 19.2. The van der Waals surface area contributed by atoms with Crippen LogP contribution in [0.2, 0.25) is 15.1 Å². The molecule has 5 N–H and O–H groups in total. The Morgan fingerprint density at radius 1 is 0.463 bits per heavy atom. The first-order chi connectivity index (χ1) is 56.7. The van der Waals surface area contributed by atoms with Gasteiger partial charge in [-0.2, -0.15) is 13.2 Å². The summed E-state index contributed by atoms with van der Waals surface area (Å²) in [6, 6.07) is 50.6. The maximum absolute atomic E-state index is 13.4. The molecule has 3 radical (unpaired) electrons. The summed E-state index contributed by atoms with van der Waals surface area (Å²) in [7, 11) is -6.49. The fourth-order valence-corrected chi connectivity index (χ4v) is 12.8. The van der Waals surface area contributed by atoms with Gasteiger partial charge in [-0.25, -0.2) is 59.9 Å². The normalized spacial score (nSPS) is 11.4. The predicted octanol–water partition coefficient (Wildman–Crippen LogP) is 17.4. The molecular formula is C82H77Cl3F6N14O11S2V3. The summed E-state index contributed by atoms with van der Waals surface area (Å²) < 4.78 is 141. The molecule has 631 valence electrons. The number of carbonyl (C=O) groups is 1. The molecule has 0 atom stereocenters. The molecule has 0 saturated heterocycles. The molecule has 39 heteroatoms. The number of hydrogen-bond acceptors (Lipinski definition) is 24. The molecule has 1 amide bonds. The van der Waals surface area contributed by atoms with Crippen molar-refractivity contribution in [2.24, 2.45) is 15.5 Å². The van der Waals surface area contributed by atoms with Crippen molar-refractivity contribution >= 4 is 146 Å². The number of unbranched alkanes of at least 4 members (excludes halogenated alkanes) is 2. The van der Waals surface area contributed by atoms with Crippen molar-refractivity contribution in [2.45, 2.75) is 51.7 Å². The Labute approximate surface area is 744 Å². The van der Waals surface area contributed by atoms with Gasteiger partial charge in [-0.1, -0.05) is 105 Å². The van der Waals surface area contributed by atoms with Crippen molar-refractivity contribution in [3.05, 3.63) is 267 Å². The van der Waals surface area contributed by atoms with Gasteiger partial charge >= 0.3 is 12.1 Å². The number of fused-ring (bicyclic) bond motifs is 3. The molecule has 0 saturated carbocycles. The van der Waals surface area contributed by atoms with Gasteiger partial charge in [-0.05, 0) is 193 Å². The third kappa shape index (κ3) is 32.6. The number of oxime groups is 3. The second kappa shape index (κ2) is 48.4. The Hall–Kier alpha value is -10.3. The Morgan fingerprint density at radius 2 is 0.835 bits per heavy atom. The zero-order valence-corrected chi connectivity index (χ0v) is 72.5. The minimum absolute atomic E-state index is 0. The van der Waals surface area contributed by atoms with Crippen LogP contribution in [-0.2, 0) is 110 Å². The number of benzene rings is 9. The molecule has 121 heavy (non-hydrogen) atoms. The summed E-state index contributed by atoms with van der Waals surface area (Å²) in [6.07, 6.45) is 7.84. The third-order valence-electron chi connectivity index (χ3n) is 16.8. The second-order valence-electron chi connectivity index (χ2n) is 26.2. The molecule has 0 aliphatic carbocycles. The van der Waals surface area contributed by atoms with Crippen LogP contribution in [0.4, 0.5) is 60.9 Å². The zero-order chi connectivity index (χ0) is 84.0. The average Bonchev–Trinajstić information content (AvgIpc) is 0.812. The van der Waals surface area contributed by atoms with Gasteiger partial charge in [-0.3, -0.25) is 4.79 Å². The van der Waals surface area contributed by atoms with Crippen molar-refractivity contribution in [1.82, 2.24) is 40.1 Å². The molecule has 0 fully saturated rings. The first-order valence-corrected chi connectivity index (χ1v) is 41.4. The summed E-state index contributed by atoms with van der Waals surface area (Å²) in [6.45, 7) is 1.39. The van der Waals surface area contributed by atoms with Gasteiger partial charge in [0, 0.05) is 121 Å². The molecular weight excluding hydrogens is 1790 g/mol. The maximum atomic E-state index is 13.4. The van der Waals surface area contributed by atoms with E-state index >= 15 is 0 Å². The first-order valence-electron chi connectivity index (χ1n) is 36.1. The maximum Gasteiger partial charge on any atom is 0.471 e. The molecule has 0 aliphatic rings. The van der Waals surface area contributed by atoms with E-state index in [2.05, 4.69) is 66.6 Å². The van der Waals surface area contributed by atoms with E-state index in [1.165, 1.54) is 74.1 Å². The molecule has 9 aromatic carbocycles. The van der Waals surface area contributed by atoms with Crippen LogP contribution in [-0.4, -0.2) is 151 Å². The van der Waals surface area contributed by atoms with E-state index in [9.17, 15) is 48.0 Å². The number of carbonyl (C=O) groups excluding carboxylic acids is 1. The third-order valence-corrected chi connectivity index (χ3v) is 19.6. The number of hydrogen-bond donors (Lipinski definition) is 5. The quantitative estimate of drug-likeness (QED) is 0.00801. The van der Waals surface area contributed by atoms with Crippen molar-refractivity contribution in [1.29, 1.82) is 0 Å². The van der Waals surface area contributed by atoms with Crippen molar-refractivity contribution in [3.8, 4) is 17.2 Å². The number of nitrogens with zero attached hydrogens (tertiary/aromatic N) is 10. The Kier molecular flexibility index (Phi) is 39.1. The molecule has 12 rings (SSSR count). The summed E-state index contributed by atoms with van der Waals surface area (Å²) in [5.41, 5.74) is 8.44. The van der Waals surface area contributed by atoms with E-state index in [0.29, 0.717) is 124 Å². The number of halogens is 9. The van der Waals surface area contributed by atoms with Crippen LogP contribution in [0, 0.1) is 17.5 Å². The zero-order valence-electron chi connectivity index (χ0n) is 64.5. The number of ether oxygens (including phenoxy) is 3. The number of anilines is 6. The Balaban J connectivity index is 0.000000252. The monoisotopic (exact) mass is 1870 g/mol. The second-order valence-corrected chi connectivity index (χ2v) is 31.9. The number of rotatable bonds is 36. The van der Waals surface area contributed by atoms with Crippen LogP contribution in [0.5, 0.6) is 17.2 Å². The van der Waals surface area contributed by atoms with Crippen LogP contribution in [0.15, 0.2) is 216 Å². The molecule has 0 spiro atoms. The topological polar surface area (TPSA) is 318 Å². The van der Waals surface area contributed by atoms with Crippen LogP contribution in [0.25, 0.3) is 32.7 Å². The Bertz CT molecular complexity index is 5800. The predicted molar refractivity (Wildman–Crippen MR) is 445 cm³/mol. The molecule has 3 heterocycles. The standard InChI is InChI=1S/C31H30ClF4N5O5S.C29H31ClFN5O4S.C22H16ClFN4O2.3V/c1-47(43,44)14-12-41(30(42)31(34,35)36)11-2-3-13-46-39-18-21-7-9-27-25(16-21)29(38-20-37-27)40-24-8-10-28(26(32)17-24)45-19-22-5-4-6-23(33)15-22;1-41(37,38)14-12-32-11-2-3-13-40-35-18-21-7-9-27-25(16-21)29(34-20-33-27)36-24-8-10-28(26(30)17-24)39-19-22-5-4-6-23(31)15-22;23-19-10-17(5-7-21(19)30-12-15-2-1-3-16(24)8-15)28-22-18-9-14(11-27-29)4-6-20(18)25-13-26-22;;;/h4-10,15-18,20H,2-3,11-14,19H2,1H3,(H,37,38,40);4-10,15-18,20,32H,2-3,11-14,19H2,1H3,(H,33,34,36);1-11,13,29H,12H2,(H,25,26,28);;;/b39-18+;35-18+;27-11+;;;. The van der Waals surface area contributed by atoms with E-state index in [1.54, 1.807) is 115 Å². The van der Waals surface area contributed by atoms with Gasteiger partial charge in [0.2, 0.25) is 0 Å². The Morgan fingerprint density at radius 3 is 1.18 bits per heavy atom. The number of nitrogens with one attached hydrogen (secondary N) is 4. The van der Waals surface area contributed by atoms with Gasteiger partial charge in [-0.15, -0.1) is 0 Å². The fraction of sp³-hybridized carbons (Fsp3) is 0.220. The van der Waals surface area contributed by atoms with Crippen LogP contribution < -0.4 is 35.5 Å². The molecule has 0 bridgehead atoms. The minimum Gasteiger partial charge on any atom is -0.487 e. The summed E-state index contributed by atoms with van der Waals surface area (Å²) in [5.74, 6) is -0.447. The molecule has 25 nitrogen and oxygen atoms in total. The molecule has 12 aromatic rings.